The molecular formula is C17H24ClF3N2O3. The quantitative estimate of drug-likeness (QED) is 0.773. The van der Waals surface area contributed by atoms with E-state index in [0.717, 1.165) is 12.1 Å². The molecule has 1 aromatic rings. The van der Waals surface area contributed by atoms with Crippen molar-refractivity contribution >= 4 is 18.3 Å². The van der Waals surface area contributed by atoms with Gasteiger partial charge in [0.25, 0.3) is 0 Å². The van der Waals surface area contributed by atoms with Gasteiger partial charge in [-0.2, -0.15) is 13.2 Å². The van der Waals surface area contributed by atoms with Crippen molar-refractivity contribution in [1.82, 2.24) is 5.32 Å². The highest BCUT2D eigenvalue weighted by Gasteiger charge is 2.38. The summed E-state index contributed by atoms with van der Waals surface area (Å²) < 4.78 is 49.3. The number of benzene rings is 1. The third-order valence-corrected chi connectivity index (χ3v) is 4.54. The van der Waals surface area contributed by atoms with Crippen molar-refractivity contribution in [3.05, 3.63) is 35.4 Å². The summed E-state index contributed by atoms with van der Waals surface area (Å²) in [5.41, 5.74) is 4.94. The highest BCUT2D eigenvalue weighted by atomic mass is 35.5. The number of alkyl halides is 3. The lowest BCUT2D eigenvalue weighted by Crippen LogP contribution is -2.50. The summed E-state index contributed by atoms with van der Waals surface area (Å²) in [7, 11) is 1.44. The normalized spacial score (nSPS) is 17.9. The first-order valence-electron chi connectivity index (χ1n) is 8.06. The third-order valence-electron chi connectivity index (χ3n) is 4.54. The van der Waals surface area contributed by atoms with E-state index in [1.165, 1.54) is 13.2 Å². The van der Waals surface area contributed by atoms with Crippen LogP contribution in [0.15, 0.2) is 24.3 Å². The van der Waals surface area contributed by atoms with E-state index >= 15 is 0 Å². The van der Waals surface area contributed by atoms with Crippen LogP contribution in [-0.4, -0.2) is 45.4 Å². The van der Waals surface area contributed by atoms with Crippen LogP contribution < -0.4 is 11.1 Å². The highest BCUT2D eigenvalue weighted by molar-refractivity contribution is 5.85. The van der Waals surface area contributed by atoms with Crippen LogP contribution in [0.1, 0.15) is 24.0 Å². The maximum Gasteiger partial charge on any atom is 0.416 e. The van der Waals surface area contributed by atoms with Crippen LogP contribution in [-0.2, 0) is 25.9 Å². The van der Waals surface area contributed by atoms with Gasteiger partial charge in [0.05, 0.1) is 12.2 Å². The Morgan fingerprint density at radius 1 is 1.38 bits per heavy atom. The molecule has 0 aromatic heterocycles. The molecule has 0 spiro atoms. The number of hydrogen-bond acceptors (Lipinski definition) is 4. The average Bonchev–Trinajstić information content (AvgIpc) is 2.60. The molecule has 1 fully saturated rings. The van der Waals surface area contributed by atoms with Gasteiger partial charge in [0.1, 0.15) is 6.04 Å². The Labute approximate surface area is 156 Å². The fourth-order valence-electron chi connectivity index (χ4n) is 3.00. The van der Waals surface area contributed by atoms with Gasteiger partial charge in [0.15, 0.2) is 0 Å². The topological polar surface area (TPSA) is 73.6 Å². The SMILES string of the molecule is COCC(N)C(=O)NCC1(c2cccc(C(F)(F)F)c2)CCOCC1.Cl. The number of carbonyl (C=O) groups excluding carboxylic acids is 1. The van der Waals surface area contributed by atoms with Crippen molar-refractivity contribution in [2.75, 3.05) is 33.5 Å². The van der Waals surface area contributed by atoms with E-state index in [2.05, 4.69) is 5.32 Å². The lowest BCUT2D eigenvalue weighted by atomic mass is 9.73. The molecule has 0 radical (unpaired) electrons. The minimum absolute atomic E-state index is 0. The molecule has 1 aliphatic rings. The predicted molar refractivity (Wildman–Crippen MR) is 93.3 cm³/mol. The molecular weight excluding hydrogens is 373 g/mol. The van der Waals surface area contributed by atoms with Gasteiger partial charge in [0, 0.05) is 32.3 Å². The summed E-state index contributed by atoms with van der Waals surface area (Å²) >= 11 is 0. The van der Waals surface area contributed by atoms with E-state index in [4.69, 9.17) is 15.2 Å². The van der Waals surface area contributed by atoms with Crippen LogP contribution in [0, 0.1) is 0 Å². The number of methoxy groups -OCH3 is 1. The zero-order valence-corrected chi connectivity index (χ0v) is 15.3. The zero-order chi connectivity index (χ0) is 18.5. The van der Waals surface area contributed by atoms with Crippen molar-refractivity contribution < 1.29 is 27.4 Å². The smallest absolute Gasteiger partial charge is 0.383 e. The third kappa shape index (κ3) is 5.57. The van der Waals surface area contributed by atoms with Crippen molar-refractivity contribution in [1.29, 1.82) is 0 Å². The Kier molecular flexibility index (Phi) is 8.33. The first kappa shape index (κ1) is 22.7. The summed E-state index contributed by atoms with van der Waals surface area (Å²) in [4.78, 5) is 12.0. The molecule has 1 saturated heterocycles. The van der Waals surface area contributed by atoms with Crippen LogP contribution in [0.4, 0.5) is 13.2 Å². The number of nitrogens with one attached hydrogen (secondary N) is 1. The molecule has 1 aliphatic heterocycles. The van der Waals surface area contributed by atoms with Gasteiger partial charge in [0.2, 0.25) is 5.91 Å². The molecule has 2 rings (SSSR count). The summed E-state index contributed by atoms with van der Waals surface area (Å²) in [6, 6.07) is 4.45. The molecule has 9 heteroatoms. The lowest BCUT2D eigenvalue weighted by molar-refractivity contribution is -0.137. The molecule has 5 nitrogen and oxygen atoms in total. The minimum Gasteiger partial charge on any atom is -0.383 e. The van der Waals surface area contributed by atoms with Gasteiger partial charge in [-0.3, -0.25) is 4.79 Å². The van der Waals surface area contributed by atoms with E-state index in [1.807, 2.05) is 0 Å². The van der Waals surface area contributed by atoms with Gasteiger partial charge in [-0.15, -0.1) is 12.4 Å². The Balaban J connectivity index is 0.00000338. The molecule has 26 heavy (non-hydrogen) atoms. The molecule has 1 unspecified atom stereocenters. The second-order valence-corrected chi connectivity index (χ2v) is 6.25. The number of nitrogens with two attached hydrogens (primary N) is 1. The van der Waals surface area contributed by atoms with Gasteiger partial charge in [-0.1, -0.05) is 18.2 Å². The summed E-state index contributed by atoms with van der Waals surface area (Å²) in [5, 5.41) is 2.75. The molecule has 1 atom stereocenters. The number of ether oxygens (including phenoxy) is 2. The van der Waals surface area contributed by atoms with Crippen LogP contribution in [0.2, 0.25) is 0 Å². The fourth-order valence-corrected chi connectivity index (χ4v) is 3.00. The molecule has 0 aliphatic carbocycles. The van der Waals surface area contributed by atoms with Crippen molar-refractivity contribution in [3.63, 3.8) is 0 Å². The Morgan fingerprint density at radius 3 is 2.62 bits per heavy atom. The Morgan fingerprint density at radius 2 is 2.04 bits per heavy atom. The maximum absolute atomic E-state index is 13.0. The second kappa shape index (κ2) is 9.55. The Hall–Kier alpha value is -1.35. The number of carbonyl (C=O) groups is 1. The summed E-state index contributed by atoms with van der Waals surface area (Å²) in [6.07, 6.45) is -3.37. The fraction of sp³-hybridized carbons (Fsp3) is 0.588. The van der Waals surface area contributed by atoms with Crippen LogP contribution in [0.5, 0.6) is 0 Å². The highest BCUT2D eigenvalue weighted by Crippen LogP contribution is 2.37. The van der Waals surface area contributed by atoms with E-state index in [9.17, 15) is 18.0 Å². The summed E-state index contributed by atoms with van der Waals surface area (Å²) in [5.74, 6) is -0.389. The van der Waals surface area contributed by atoms with E-state index in [-0.39, 0.29) is 31.5 Å². The van der Waals surface area contributed by atoms with Crippen LogP contribution in [0.25, 0.3) is 0 Å². The first-order valence-corrected chi connectivity index (χ1v) is 8.06. The van der Waals surface area contributed by atoms with Crippen molar-refractivity contribution in [2.45, 2.75) is 30.5 Å². The molecule has 1 aromatic carbocycles. The van der Waals surface area contributed by atoms with Crippen molar-refractivity contribution in [3.8, 4) is 0 Å². The molecule has 148 valence electrons. The maximum atomic E-state index is 13.0. The van der Waals surface area contributed by atoms with E-state index in [0.29, 0.717) is 31.6 Å². The number of hydrogen-bond donors (Lipinski definition) is 2. The average molecular weight is 397 g/mol. The number of amides is 1. The lowest BCUT2D eigenvalue weighted by Gasteiger charge is -2.38. The zero-order valence-electron chi connectivity index (χ0n) is 14.5. The largest absolute Gasteiger partial charge is 0.416 e. The van der Waals surface area contributed by atoms with E-state index < -0.39 is 23.2 Å². The molecule has 1 amide bonds. The van der Waals surface area contributed by atoms with Gasteiger partial charge >= 0.3 is 6.18 Å². The van der Waals surface area contributed by atoms with Gasteiger partial charge in [-0.25, -0.2) is 0 Å². The minimum atomic E-state index is -4.41. The number of halogens is 4. The van der Waals surface area contributed by atoms with Crippen LogP contribution >= 0.6 is 12.4 Å². The Bertz CT molecular complexity index is 593. The second-order valence-electron chi connectivity index (χ2n) is 6.25. The van der Waals surface area contributed by atoms with Gasteiger partial charge < -0.3 is 20.5 Å². The number of rotatable bonds is 6. The standard InChI is InChI=1S/C17H23F3N2O3.ClH/c1-24-10-14(21)15(23)22-11-16(5-7-25-8-6-16)12-3-2-4-13(9-12)17(18,19)20;/h2-4,9,14H,5-8,10-11,21H2,1H3,(H,22,23);1H. The predicted octanol–water partition coefficient (Wildman–Crippen LogP) is 2.27. The van der Waals surface area contributed by atoms with E-state index in [1.54, 1.807) is 6.07 Å². The first-order chi connectivity index (χ1) is 11.8. The van der Waals surface area contributed by atoms with Crippen LogP contribution in [0.3, 0.4) is 0 Å². The summed E-state index contributed by atoms with van der Waals surface area (Å²) in [6.45, 7) is 1.13. The van der Waals surface area contributed by atoms with Crippen molar-refractivity contribution in [2.24, 2.45) is 5.73 Å². The molecule has 1 heterocycles. The monoisotopic (exact) mass is 396 g/mol. The molecule has 3 N–H and O–H groups in total. The van der Waals surface area contributed by atoms with Gasteiger partial charge in [-0.05, 0) is 24.5 Å². The molecule has 0 saturated carbocycles. The molecule has 0 bridgehead atoms.